The first-order chi connectivity index (χ1) is 16.4. The second-order valence-electron chi connectivity index (χ2n) is 9.00. The van der Waals surface area contributed by atoms with E-state index >= 15 is 0 Å². The van der Waals surface area contributed by atoms with E-state index < -0.39 is 11.4 Å². The molecular weight excluding hydrogens is 432 g/mol. The van der Waals surface area contributed by atoms with Gasteiger partial charge in [0.15, 0.2) is 11.5 Å². The van der Waals surface area contributed by atoms with E-state index in [9.17, 15) is 14.7 Å². The number of hydrogen-bond donors (Lipinski definition) is 1. The summed E-state index contributed by atoms with van der Waals surface area (Å²) in [5, 5.41) is 9.20. The van der Waals surface area contributed by atoms with Crippen molar-refractivity contribution in [1.82, 2.24) is 0 Å². The molecule has 1 heterocycles. The van der Waals surface area contributed by atoms with Crippen LogP contribution in [0.3, 0.4) is 0 Å². The molecule has 1 aliphatic heterocycles. The number of ether oxygens (including phenoxy) is 3. The van der Waals surface area contributed by atoms with Crippen molar-refractivity contribution in [2.24, 2.45) is 0 Å². The Labute approximate surface area is 198 Å². The predicted octanol–water partition coefficient (Wildman–Crippen LogP) is 4.87. The van der Waals surface area contributed by atoms with Gasteiger partial charge in [-0.2, -0.15) is 0 Å². The fourth-order valence-electron chi connectivity index (χ4n) is 4.72. The number of benzene rings is 3. The molecule has 3 aromatic rings. The van der Waals surface area contributed by atoms with E-state index in [1.54, 1.807) is 19.2 Å². The monoisotopic (exact) mass is 458 g/mol. The molecule has 0 atom stereocenters. The summed E-state index contributed by atoms with van der Waals surface area (Å²) < 4.78 is 16.5. The lowest BCUT2D eigenvalue weighted by Crippen LogP contribution is -2.22. The van der Waals surface area contributed by atoms with E-state index in [0.717, 1.165) is 40.7 Å². The normalized spacial score (nSPS) is 15.1. The number of carboxylic acid groups (broad SMARTS) is 1. The molecule has 0 unspecified atom stereocenters. The highest BCUT2D eigenvalue weighted by atomic mass is 16.7. The second kappa shape index (κ2) is 8.52. The number of methoxy groups -OCH3 is 1. The molecule has 174 valence electrons. The van der Waals surface area contributed by atoms with Crippen molar-refractivity contribution in [3.63, 3.8) is 0 Å². The molecule has 34 heavy (non-hydrogen) atoms. The van der Waals surface area contributed by atoms with Crippen LogP contribution >= 0.6 is 0 Å². The van der Waals surface area contributed by atoms with Gasteiger partial charge in [-0.3, -0.25) is 9.59 Å². The van der Waals surface area contributed by atoms with Crippen molar-refractivity contribution in [1.29, 1.82) is 0 Å². The number of ketones is 1. The predicted molar refractivity (Wildman–Crippen MR) is 127 cm³/mol. The van der Waals surface area contributed by atoms with Crippen molar-refractivity contribution < 1.29 is 28.9 Å². The van der Waals surface area contributed by atoms with Gasteiger partial charge in [0.1, 0.15) is 11.5 Å². The maximum atomic E-state index is 13.5. The number of aryl methyl sites for hydroxylation is 1. The van der Waals surface area contributed by atoms with Crippen LogP contribution < -0.4 is 14.2 Å². The number of hydrogen-bond acceptors (Lipinski definition) is 5. The van der Waals surface area contributed by atoms with E-state index in [4.69, 9.17) is 14.2 Å². The quantitative estimate of drug-likeness (QED) is 0.519. The molecule has 6 heteroatoms. The highest BCUT2D eigenvalue weighted by molar-refractivity contribution is 5.95. The molecule has 0 bridgehead atoms. The molecule has 0 amide bonds. The lowest BCUT2D eigenvalue weighted by atomic mass is 9.86. The maximum absolute atomic E-state index is 13.5. The number of carbonyl (C=O) groups excluding carboxylic acids is 1. The topological polar surface area (TPSA) is 82.1 Å². The zero-order valence-electron chi connectivity index (χ0n) is 19.2. The summed E-state index contributed by atoms with van der Waals surface area (Å²) in [4.78, 5) is 24.7. The lowest BCUT2D eigenvalue weighted by Gasteiger charge is -2.17. The molecule has 1 saturated carbocycles. The van der Waals surface area contributed by atoms with Crippen molar-refractivity contribution in [2.75, 3.05) is 13.9 Å². The summed E-state index contributed by atoms with van der Waals surface area (Å²) in [5.41, 5.74) is 4.92. The maximum Gasteiger partial charge on any atom is 0.307 e. The lowest BCUT2D eigenvalue weighted by molar-refractivity contribution is -0.136. The Kier molecular flexibility index (Phi) is 5.52. The summed E-state index contributed by atoms with van der Waals surface area (Å²) in [6, 6.07) is 17.2. The largest absolute Gasteiger partial charge is 0.496 e. The van der Waals surface area contributed by atoms with Crippen LogP contribution in [0.15, 0.2) is 54.6 Å². The Morgan fingerprint density at radius 3 is 2.35 bits per heavy atom. The number of aliphatic carboxylic acids is 1. The van der Waals surface area contributed by atoms with E-state index in [-0.39, 0.29) is 19.0 Å². The van der Waals surface area contributed by atoms with Crippen molar-refractivity contribution >= 4 is 11.8 Å². The van der Waals surface area contributed by atoms with Gasteiger partial charge in [0, 0.05) is 12.0 Å². The van der Waals surface area contributed by atoms with Crippen LogP contribution in [0.1, 0.15) is 35.1 Å². The van der Waals surface area contributed by atoms with Crippen LogP contribution in [0.5, 0.6) is 17.2 Å². The molecule has 5 rings (SSSR count). The number of rotatable bonds is 8. The first-order valence-electron chi connectivity index (χ1n) is 11.3. The molecular formula is C28H26O6. The zero-order chi connectivity index (χ0) is 23.9. The van der Waals surface area contributed by atoms with Crippen LogP contribution in [0, 0.1) is 6.92 Å². The van der Waals surface area contributed by atoms with E-state index in [1.165, 1.54) is 0 Å². The third-order valence-electron chi connectivity index (χ3n) is 6.78. The fourth-order valence-corrected chi connectivity index (χ4v) is 4.72. The van der Waals surface area contributed by atoms with Crippen molar-refractivity contribution in [3.05, 3.63) is 76.9 Å². The Bertz CT molecular complexity index is 1290. The van der Waals surface area contributed by atoms with Crippen LogP contribution in [0.4, 0.5) is 0 Å². The van der Waals surface area contributed by atoms with Gasteiger partial charge >= 0.3 is 5.97 Å². The molecule has 2 aliphatic rings. The van der Waals surface area contributed by atoms with Crippen molar-refractivity contribution in [2.45, 2.75) is 38.0 Å². The molecule has 3 aromatic carbocycles. The molecule has 1 fully saturated rings. The molecule has 6 nitrogen and oxygen atoms in total. The van der Waals surface area contributed by atoms with Gasteiger partial charge in [-0.25, -0.2) is 0 Å². The molecule has 0 spiro atoms. The Balaban J connectivity index is 1.44. The zero-order valence-corrected chi connectivity index (χ0v) is 19.2. The third-order valence-corrected chi connectivity index (χ3v) is 6.78. The fraction of sp³-hybridized carbons (Fsp3) is 0.286. The molecule has 0 saturated heterocycles. The van der Waals surface area contributed by atoms with Crippen LogP contribution in [-0.2, 0) is 27.8 Å². The Hall–Kier alpha value is -3.80. The highest BCUT2D eigenvalue weighted by Crippen LogP contribution is 2.51. The Morgan fingerprint density at radius 1 is 0.912 bits per heavy atom. The number of fused-ring (bicyclic) bond motifs is 1. The van der Waals surface area contributed by atoms with Crippen LogP contribution in [-0.4, -0.2) is 30.8 Å². The van der Waals surface area contributed by atoms with Crippen molar-refractivity contribution in [3.8, 4) is 28.4 Å². The molecule has 0 aromatic heterocycles. The summed E-state index contributed by atoms with van der Waals surface area (Å²) in [6.07, 6.45) is 1.91. The highest BCUT2D eigenvalue weighted by Gasteiger charge is 2.50. The molecule has 1 N–H and O–H groups in total. The summed E-state index contributed by atoms with van der Waals surface area (Å²) in [7, 11) is 1.60. The van der Waals surface area contributed by atoms with E-state index in [2.05, 4.69) is 0 Å². The average Bonchev–Trinajstić information content (AvgIpc) is 3.50. The SMILES string of the molecule is COc1ccc(CC(=O)O)cc1-c1cc(CC(=O)C2(c3ccc4c(c3)OCO4)CC2)ccc1C. The molecule has 1 aliphatic carbocycles. The van der Waals surface area contributed by atoms with E-state index in [1.807, 2.05) is 49.4 Å². The van der Waals surface area contributed by atoms with Gasteiger partial charge < -0.3 is 19.3 Å². The second-order valence-corrected chi connectivity index (χ2v) is 9.00. The first-order valence-corrected chi connectivity index (χ1v) is 11.3. The van der Waals surface area contributed by atoms with E-state index in [0.29, 0.717) is 29.2 Å². The third kappa shape index (κ3) is 4.00. The van der Waals surface area contributed by atoms with Gasteiger partial charge in [-0.1, -0.05) is 30.3 Å². The smallest absolute Gasteiger partial charge is 0.307 e. The number of carbonyl (C=O) groups is 2. The van der Waals surface area contributed by atoms with Gasteiger partial charge in [0.25, 0.3) is 0 Å². The minimum Gasteiger partial charge on any atom is -0.496 e. The summed E-state index contributed by atoms with van der Waals surface area (Å²) >= 11 is 0. The van der Waals surface area contributed by atoms with Gasteiger partial charge in [-0.15, -0.1) is 0 Å². The molecule has 0 radical (unpaired) electrons. The van der Waals surface area contributed by atoms with Gasteiger partial charge in [-0.05, 0) is 71.8 Å². The minimum absolute atomic E-state index is 0.0632. The summed E-state index contributed by atoms with van der Waals surface area (Å²) in [5.74, 6) is 1.38. The number of Topliss-reactive ketones (excluding diaryl/α,β-unsaturated/α-hetero) is 1. The van der Waals surface area contributed by atoms with Crippen LogP contribution in [0.25, 0.3) is 11.1 Å². The average molecular weight is 459 g/mol. The van der Waals surface area contributed by atoms with Gasteiger partial charge in [0.2, 0.25) is 6.79 Å². The minimum atomic E-state index is -0.884. The Morgan fingerprint density at radius 2 is 1.62 bits per heavy atom. The van der Waals surface area contributed by atoms with Gasteiger partial charge in [0.05, 0.1) is 18.9 Å². The standard InChI is InChI=1S/C28H26O6/c1-17-3-4-18(11-21(17)22-12-19(14-27(30)31)5-7-23(22)32-2)13-26(29)28(9-10-28)20-6-8-24-25(15-20)34-16-33-24/h3-8,11-12,15H,9-10,13-14,16H2,1-2H3,(H,30,31). The summed E-state index contributed by atoms with van der Waals surface area (Å²) in [6.45, 7) is 2.21. The van der Waals surface area contributed by atoms with Crippen LogP contribution in [0.2, 0.25) is 0 Å². The first kappa shape index (κ1) is 22.0. The number of carboxylic acids is 1.